The quantitative estimate of drug-likeness (QED) is 0.501. The van der Waals surface area contributed by atoms with E-state index in [1.165, 1.54) is 18.2 Å². The van der Waals surface area contributed by atoms with Gasteiger partial charge in [0.05, 0.1) is 17.2 Å². The van der Waals surface area contributed by atoms with Gasteiger partial charge in [-0.15, -0.1) is 10.2 Å². The van der Waals surface area contributed by atoms with Gasteiger partial charge in [0.2, 0.25) is 5.13 Å². The van der Waals surface area contributed by atoms with Crippen LogP contribution >= 0.6 is 34.5 Å². The number of halogens is 2. The van der Waals surface area contributed by atoms with E-state index in [0.29, 0.717) is 28.7 Å². The summed E-state index contributed by atoms with van der Waals surface area (Å²) >= 11 is 12.5. The van der Waals surface area contributed by atoms with Gasteiger partial charge in [-0.25, -0.2) is 0 Å². The van der Waals surface area contributed by atoms with E-state index >= 15 is 0 Å². The Morgan fingerprint density at radius 2 is 1.97 bits per heavy atom. The van der Waals surface area contributed by atoms with Gasteiger partial charge in [-0.1, -0.05) is 46.7 Å². The Morgan fingerprint density at radius 1 is 1.17 bits per heavy atom. The molecule has 8 nitrogen and oxygen atoms in total. The molecule has 3 rings (SSSR count). The zero-order valence-electron chi connectivity index (χ0n) is 14.8. The molecule has 0 bridgehead atoms. The monoisotopic (exact) mass is 472 g/mol. The van der Waals surface area contributed by atoms with Crippen molar-refractivity contribution in [2.24, 2.45) is 0 Å². The highest BCUT2D eigenvalue weighted by Crippen LogP contribution is 2.25. The summed E-state index contributed by atoms with van der Waals surface area (Å²) in [5, 5.41) is 10.4. The van der Waals surface area contributed by atoms with E-state index in [4.69, 9.17) is 27.9 Å². The van der Waals surface area contributed by atoms with Crippen LogP contribution in [0, 0.1) is 0 Å². The van der Waals surface area contributed by atoms with Gasteiger partial charge in [-0.2, -0.15) is 8.42 Å². The molecule has 29 heavy (non-hydrogen) atoms. The molecule has 0 aliphatic heterocycles. The number of ether oxygens (including phenoxy) is 1. The molecule has 0 aliphatic rings. The van der Waals surface area contributed by atoms with Crippen molar-refractivity contribution >= 4 is 61.3 Å². The second-order valence-electron chi connectivity index (χ2n) is 5.69. The molecule has 0 unspecified atom stereocenters. The average molecular weight is 473 g/mol. The Labute approximate surface area is 180 Å². The van der Waals surface area contributed by atoms with Crippen LogP contribution in [0.4, 0.5) is 10.8 Å². The van der Waals surface area contributed by atoms with Crippen LogP contribution in [0.1, 0.15) is 15.9 Å². The molecular formula is C17H14Cl2N4O4S2. The normalized spacial score (nSPS) is 11.3. The third-order valence-electron chi connectivity index (χ3n) is 3.52. The summed E-state index contributed by atoms with van der Waals surface area (Å²) in [5.41, 5.74) is 1.33. The maximum Gasteiger partial charge on any atom is 0.291 e. The number of hydrogen-bond donors (Lipinski definition) is 2. The van der Waals surface area contributed by atoms with Gasteiger partial charge in [0, 0.05) is 17.8 Å². The van der Waals surface area contributed by atoms with Gasteiger partial charge in [-0.3, -0.25) is 14.8 Å². The van der Waals surface area contributed by atoms with Gasteiger partial charge in [0.15, 0.2) is 0 Å². The molecule has 0 saturated carbocycles. The Hall–Kier alpha value is -2.24. The first-order chi connectivity index (χ1) is 13.8. The number of carbonyl (C=O) groups excluding carboxylic acids is 1. The van der Waals surface area contributed by atoms with Crippen LogP contribution in [0.25, 0.3) is 0 Å². The number of anilines is 2. The zero-order valence-corrected chi connectivity index (χ0v) is 18.0. The lowest BCUT2D eigenvalue weighted by atomic mass is 10.2. The number of amides is 1. The minimum absolute atomic E-state index is 0.00882. The first-order valence-electron chi connectivity index (χ1n) is 7.99. The van der Waals surface area contributed by atoms with Crippen molar-refractivity contribution in [3.63, 3.8) is 0 Å². The summed E-state index contributed by atoms with van der Waals surface area (Å²) in [6.45, 7) is 0.345. The molecule has 1 heterocycles. The smallest absolute Gasteiger partial charge is 0.291 e. The highest BCUT2D eigenvalue weighted by atomic mass is 35.5. The van der Waals surface area contributed by atoms with Crippen LogP contribution in [-0.2, 0) is 21.4 Å². The van der Waals surface area contributed by atoms with Crippen molar-refractivity contribution in [1.29, 1.82) is 0 Å². The van der Waals surface area contributed by atoms with E-state index in [-0.39, 0.29) is 20.1 Å². The van der Waals surface area contributed by atoms with Crippen LogP contribution in [0.2, 0.25) is 10.0 Å². The number of nitrogens with one attached hydrogen (secondary N) is 2. The minimum Gasteiger partial charge on any atom is -0.380 e. The Bertz CT molecular complexity index is 1150. The van der Waals surface area contributed by atoms with Gasteiger partial charge in [-0.05, 0) is 35.9 Å². The Kier molecular flexibility index (Phi) is 6.70. The van der Waals surface area contributed by atoms with E-state index in [9.17, 15) is 13.2 Å². The molecular weight excluding hydrogens is 459 g/mol. The number of hydrogen-bond acceptors (Lipinski definition) is 7. The molecule has 0 spiro atoms. The summed E-state index contributed by atoms with van der Waals surface area (Å²) in [4.78, 5) is 12.3. The molecule has 0 saturated heterocycles. The van der Waals surface area contributed by atoms with E-state index in [2.05, 4.69) is 20.2 Å². The molecule has 2 N–H and O–H groups in total. The van der Waals surface area contributed by atoms with Crippen LogP contribution in [-0.4, -0.2) is 31.6 Å². The van der Waals surface area contributed by atoms with Gasteiger partial charge in [0.25, 0.3) is 20.3 Å². The third kappa shape index (κ3) is 5.43. The summed E-state index contributed by atoms with van der Waals surface area (Å²) < 4.78 is 32.3. The Morgan fingerprint density at radius 3 is 2.69 bits per heavy atom. The predicted octanol–water partition coefficient (Wildman–Crippen LogP) is 4.04. The number of carbonyl (C=O) groups is 1. The van der Waals surface area contributed by atoms with Crippen molar-refractivity contribution in [2.45, 2.75) is 10.9 Å². The maximum atomic E-state index is 12.5. The fourth-order valence-corrected chi connectivity index (χ4v) is 4.74. The second-order valence-corrected chi connectivity index (χ2v) is 9.37. The molecule has 0 aliphatic carbocycles. The van der Waals surface area contributed by atoms with Crippen molar-refractivity contribution in [1.82, 2.24) is 10.2 Å². The third-order valence-corrected chi connectivity index (χ3v) is 6.66. The van der Waals surface area contributed by atoms with E-state index < -0.39 is 15.9 Å². The summed E-state index contributed by atoms with van der Waals surface area (Å²) in [7, 11) is -2.43. The maximum absolute atomic E-state index is 12.5. The fraction of sp³-hybridized carbons (Fsp3) is 0.118. The lowest BCUT2D eigenvalue weighted by Gasteiger charge is -2.07. The lowest BCUT2D eigenvalue weighted by molar-refractivity contribution is 0.102. The first-order valence-corrected chi connectivity index (χ1v) is 11.0. The predicted molar refractivity (Wildman–Crippen MR) is 112 cm³/mol. The molecule has 2 aromatic carbocycles. The molecule has 1 aromatic heterocycles. The number of sulfonamides is 1. The summed E-state index contributed by atoms with van der Waals surface area (Å²) in [5.74, 6) is -0.563. The van der Waals surface area contributed by atoms with Crippen molar-refractivity contribution in [3.05, 3.63) is 63.6 Å². The highest BCUT2D eigenvalue weighted by molar-refractivity contribution is 7.94. The largest absolute Gasteiger partial charge is 0.380 e. The number of benzene rings is 2. The highest BCUT2D eigenvalue weighted by Gasteiger charge is 2.22. The van der Waals surface area contributed by atoms with Crippen molar-refractivity contribution in [2.75, 3.05) is 17.1 Å². The van der Waals surface area contributed by atoms with Crippen LogP contribution in [0.3, 0.4) is 0 Å². The van der Waals surface area contributed by atoms with Crippen LogP contribution in [0.15, 0.2) is 46.8 Å². The number of aromatic nitrogens is 2. The van der Waals surface area contributed by atoms with Crippen molar-refractivity contribution < 1.29 is 17.9 Å². The second kappa shape index (κ2) is 9.06. The Balaban J connectivity index is 1.74. The molecule has 0 atom stereocenters. The topological polar surface area (TPSA) is 110 Å². The molecule has 0 radical (unpaired) electrons. The SMILES string of the molecule is COCc1cccc(NS(=O)(=O)c2nnc(NC(=O)c3ccc(Cl)cc3Cl)s2)c1. The summed E-state index contributed by atoms with van der Waals surface area (Å²) in [6.07, 6.45) is 0. The van der Waals surface area contributed by atoms with Crippen LogP contribution in [0.5, 0.6) is 0 Å². The van der Waals surface area contributed by atoms with Crippen molar-refractivity contribution in [3.8, 4) is 0 Å². The molecule has 152 valence electrons. The molecule has 3 aromatic rings. The lowest BCUT2D eigenvalue weighted by Crippen LogP contribution is -2.13. The van der Waals surface area contributed by atoms with E-state index in [1.807, 2.05) is 6.07 Å². The van der Waals surface area contributed by atoms with Gasteiger partial charge < -0.3 is 4.74 Å². The van der Waals surface area contributed by atoms with Gasteiger partial charge in [0.1, 0.15) is 0 Å². The average Bonchev–Trinajstić information content (AvgIpc) is 3.11. The van der Waals surface area contributed by atoms with Gasteiger partial charge >= 0.3 is 0 Å². The summed E-state index contributed by atoms with van der Waals surface area (Å²) in [6, 6.07) is 11.1. The zero-order chi connectivity index (χ0) is 21.0. The van der Waals surface area contributed by atoms with Crippen LogP contribution < -0.4 is 10.0 Å². The number of methoxy groups -OCH3 is 1. The minimum atomic E-state index is -3.98. The van der Waals surface area contributed by atoms with E-state index in [1.54, 1.807) is 25.3 Å². The number of rotatable bonds is 7. The molecule has 0 fully saturated rings. The number of nitrogens with zero attached hydrogens (tertiary/aromatic N) is 2. The molecule has 12 heteroatoms. The first kappa shape index (κ1) is 21.5. The van der Waals surface area contributed by atoms with E-state index in [0.717, 1.165) is 5.56 Å². The fourth-order valence-electron chi connectivity index (χ4n) is 2.30. The standard InChI is InChI=1S/C17H14Cl2N4O4S2/c1-27-9-10-3-2-4-12(7-10)23-29(25,26)17-22-21-16(28-17)20-15(24)13-6-5-11(18)8-14(13)19/h2-8,23H,9H2,1H3,(H,20,21,24). The molecule has 1 amide bonds.